The van der Waals surface area contributed by atoms with Crippen LogP contribution in [-0.4, -0.2) is 66.9 Å². The van der Waals surface area contributed by atoms with Crippen LogP contribution < -0.4 is 10.6 Å². The van der Waals surface area contributed by atoms with Crippen molar-refractivity contribution in [1.29, 1.82) is 0 Å². The van der Waals surface area contributed by atoms with E-state index < -0.39 is 36.2 Å². The summed E-state index contributed by atoms with van der Waals surface area (Å²) < 4.78 is 70.4. The molecule has 0 atom stereocenters. The van der Waals surface area contributed by atoms with E-state index in [4.69, 9.17) is 15.5 Å². The highest BCUT2D eigenvalue weighted by atomic mass is 19.4. The molecule has 1 aromatic heterocycles. The number of amidine groups is 1. The van der Waals surface area contributed by atoms with E-state index >= 15 is 0 Å². The van der Waals surface area contributed by atoms with Gasteiger partial charge < -0.3 is 20.5 Å². The Balaban J connectivity index is 1.97. The van der Waals surface area contributed by atoms with Crippen molar-refractivity contribution in [2.45, 2.75) is 70.2 Å². The summed E-state index contributed by atoms with van der Waals surface area (Å²) in [7, 11) is 2.85. The molecule has 0 bridgehead atoms. The number of hydrogen-bond donors (Lipinski definition) is 2. The SMILES string of the molecule is CN=C(OC(N)=NC1CC(O)(C(F)F)C1)c1cc(C)c2cc(N(C)CC(F)(F)F)cc(C(C)(C)C)c2n1. The Labute approximate surface area is 212 Å². The number of pyridine rings is 1. The Morgan fingerprint density at radius 2 is 1.86 bits per heavy atom. The quantitative estimate of drug-likeness (QED) is 0.332. The predicted octanol–water partition coefficient (Wildman–Crippen LogP) is 4.71. The molecular formula is C25H32F5N5O2. The smallest absolute Gasteiger partial charge is 0.405 e. The fourth-order valence-electron chi connectivity index (χ4n) is 4.28. The maximum absolute atomic E-state index is 13.0. The Morgan fingerprint density at radius 1 is 1.24 bits per heavy atom. The van der Waals surface area contributed by atoms with E-state index in [1.54, 1.807) is 25.1 Å². The zero-order valence-corrected chi connectivity index (χ0v) is 21.6. The van der Waals surface area contributed by atoms with Gasteiger partial charge in [-0.15, -0.1) is 0 Å². The molecule has 3 N–H and O–H groups in total. The van der Waals surface area contributed by atoms with Gasteiger partial charge in [-0.1, -0.05) is 20.8 Å². The lowest BCUT2D eigenvalue weighted by Crippen LogP contribution is -2.52. The number of aromatic nitrogens is 1. The molecule has 0 radical (unpaired) electrons. The predicted molar refractivity (Wildman–Crippen MR) is 134 cm³/mol. The van der Waals surface area contributed by atoms with Crippen LogP contribution in [0.3, 0.4) is 0 Å². The first kappa shape index (κ1) is 28.5. The minimum atomic E-state index is -4.36. The summed E-state index contributed by atoms with van der Waals surface area (Å²) in [6, 6.07) is 4.13. The first-order valence-electron chi connectivity index (χ1n) is 11.7. The summed E-state index contributed by atoms with van der Waals surface area (Å²) in [5.74, 6) is 0.0350. The van der Waals surface area contributed by atoms with E-state index in [9.17, 15) is 27.1 Å². The Hall–Kier alpha value is -3.02. The first-order chi connectivity index (χ1) is 16.9. The Kier molecular flexibility index (Phi) is 7.74. The van der Waals surface area contributed by atoms with Gasteiger partial charge in [0.05, 0.1) is 11.6 Å². The zero-order chi connectivity index (χ0) is 27.9. The average Bonchev–Trinajstić information content (AvgIpc) is 2.73. The molecular weight excluding hydrogens is 497 g/mol. The minimum absolute atomic E-state index is 0.0350. The largest absolute Gasteiger partial charge is 0.405 e. The number of aliphatic imine (C=N–C) groups is 2. The van der Waals surface area contributed by atoms with Gasteiger partial charge in [-0.05, 0) is 41.7 Å². The topological polar surface area (TPSA) is 96.3 Å². The molecule has 1 heterocycles. The maximum atomic E-state index is 13.0. The van der Waals surface area contributed by atoms with E-state index in [0.717, 1.165) is 16.0 Å². The molecule has 3 rings (SSSR count). The fourth-order valence-corrected chi connectivity index (χ4v) is 4.28. The van der Waals surface area contributed by atoms with Crippen molar-refractivity contribution in [2.24, 2.45) is 15.7 Å². The number of rotatable bonds is 5. The van der Waals surface area contributed by atoms with Crippen LogP contribution in [0.25, 0.3) is 10.9 Å². The molecule has 1 saturated carbocycles. The Bertz CT molecular complexity index is 1210. The summed E-state index contributed by atoms with van der Waals surface area (Å²) in [5.41, 5.74) is 6.12. The summed E-state index contributed by atoms with van der Waals surface area (Å²) >= 11 is 0. The van der Waals surface area contributed by atoms with Crippen molar-refractivity contribution in [3.05, 3.63) is 35.0 Å². The second kappa shape index (κ2) is 10.0. The lowest BCUT2D eigenvalue weighted by molar-refractivity contribution is -0.150. The monoisotopic (exact) mass is 529 g/mol. The molecule has 1 aromatic carbocycles. The van der Waals surface area contributed by atoms with Gasteiger partial charge >= 0.3 is 6.18 Å². The number of fused-ring (bicyclic) bond motifs is 1. The molecule has 0 unspecified atom stereocenters. The standard InChI is InChI=1S/C25H32F5N5O2/c1-13-7-18(20(32-5)37-22(31)33-14-10-24(36,11-14)21(26)27)34-19-16(13)8-15(9-17(19)23(2,3)4)35(6)12-25(28,29)30/h7-9,14,21,36H,10-12H2,1-6H3,(H2,31,33). The van der Waals surface area contributed by atoms with Gasteiger partial charge in [0.25, 0.3) is 12.4 Å². The van der Waals surface area contributed by atoms with Crippen molar-refractivity contribution in [1.82, 2.24) is 4.98 Å². The highest BCUT2D eigenvalue weighted by molar-refractivity contribution is 6.02. The van der Waals surface area contributed by atoms with Crippen LogP contribution in [0.2, 0.25) is 0 Å². The second-order valence-electron chi connectivity index (χ2n) is 10.5. The average molecular weight is 530 g/mol. The van der Waals surface area contributed by atoms with Crippen molar-refractivity contribution in [2.75, 3.05) is 25.5 Å². The van der Waals surface area contributed by atoms with Crippen LogP contribution >= 0.6 is 0 Å². The molecule has 2 aromatic rings. The van der Waals surface area contributed by atoms with Gasteiger partial charge in [0, 0.05) is 38.0 Å². The van der Waals surface area contributed by atoms with E-state index in [2.05, 4.69) is 9.98 Å². The van der Waals surface area contributed by atoms with E-state index in [-0.39, 0.29) is 24.8 Å². The summed E-state index contributed by atoms with van der Waals surface area (Å²) in [4.78, 5) is 14.0. The summed E-state index contributed by atoms with van der Waals surface area (Å²) in [6.45, 7) is 6.52. The van der Waals surface area contributed by atoms with Gasteiger partial charge in [-0.25, -0.2) is 18.8 Å². The van der Waals surface area contributed by atoms with Crippen molar-refractivity contribution >= 4 is 28.5 Å². The molecule has 0 spiro atoms. The number of hydrogen-bond acceptors (Lipinski definition) is 6. The van der Waals surface area contributed by atoms with Gasteiger partial charge in [0.15, 0.2) is 0 Å². The molecule has 1 aliphatic carbocycles. The number of anilines is 1. The summed E-state index contributed by atoms with van der Waals surface area (Å²) in [6.07, 6.45) is -7.70. The molecule has 37 heavy (non-hydrogen) atoms. The number of nitrogens with two attached hydrogens (primary N) is 1. The zero-order valence-electron chi connectivity index (χ0n) is 21.6. The van der Waals surface area contributed by atoms with Crippen molar-refractivity contribution < 1.29 is 31.8 Å². The van der Waals surface area contributed by atoms with Gasteiger partial charge in [0.1, 0.15) is 17.8 Å². The fraction of sp³-hybridized carbons (Fsp3) is 0.560. The van der Waals surface area contributed by atoms with Crippen molar-refractivity contribution in [3.8, 4) is 0 Å². The maximum Gasteiger partial charge on any atom is 0.405 e. The molecule has 0 saturated heterocycles. The third kappa shape index (κ3) is 6.46. The number of ether oxygens (including phenoxy) is 1. The minimum Gasteiger partial charge on any atom is -0.405 e. The molecule has 204 valence electrons. The van der Waals surface area contributed by atoms with Gasteiger partial charge in [0.2, 0.25) is 5.90 Å². The number of nitrogens with zero attached hydrogens (tertiary/aromatic N) is 4. The highest BCUT2D eigenvalue weighted by Crippen LogP contribution is 2.39. The highest BCUT2D eigenvalue weighted by Gasteiger charge is 2.50. The molecule has 1 fully saturated rings. The van der Waals surface area contributed by atoms with Gasteiger partial charge in [-0.3, -0.25) is 4.99 Å². The lowest BCUT2D eigenvalue weighted by atomic mass is 9.76. The van der Waals surface area contributed by atoms with Crippen LogP contribution in [0.5, 0.6) is 0 Å². The molecule has 0 aliphatic heterocycles. The summed E-state index contributed by atoms with van der Waals surface area (Å²) in [5, 5.41) is 10.4. The van der Waals surface area contributed by atoms with E-state index in [1.165, 1.54) is 14.1 Å². The van der Waals surface area contributed by atoms with Gasteiger partial charge in [-0.2, -0.15) is 13.2 Å². The van der Waals surface area contributed by atoms with Crippen LogP contribution in [0, 0.1) is 6.92 Å². The van der Waals surface area contributed by atoms with E-state index in [0.29, 0.717) is 22.3 Å². The third-order valence-corrected chi connectivity index (χ3v) is 6.29. The van der Waals surface area contributed by atoms with E-state index in [1.807, 2.05) is 20.8 Å². The first-order valence-corrected chi connectivity index (χ1v) is 11.7. The molecule has 12 heteroatoms. The number of aliphatic hydroxyl groups is 1. The molecule has 1 aliphatic rings. The van der Waals surface area contributed by atoms with Crippen LogP contribution in [0.1, 0.15) is 50.4 Å². The normalized spacial score (nSPS) is 21.4. The van der Waals surface area contributed by atoms with Crippen LogP contribution in [0.15, 0.2) is 28.2 Å². The lowest BCUT2D eigenvalue weighted by Gasteiger charge is -2.40. The number of alkyl halides is 5. The number of benzene rings is 1. The Morgan fingerprint density at radius 3 is 2.38 bits per heavy atom. The third-order valence-electron chi connectivity index (χ3n) is 6.29. The molecule has 0 amide bonds. The van der Waals surface area contributed by atoms with Crippen LogP contribution in [0.4, 0.5) is 27.6 Å². The van der Waals surface area contributed by atoms with Crippen molar-refractivity contribution in [3.63, 3.8) is 0 Å². The number of aryl methyl sites for hydroxylation is 1. The number of halogens is 5. The molecule has 7 nitrogen and oxygen atoms in total. The van der Waals surface area contributed by atoms with Crippen LogP contribution in [-0.2, 0) is 10.2 Å². The second-order valence-corrected chi connectivity index (χ2v) is 10.5.